The predicted octanol–water partition coefficient (Wildman–Crippen LogP) is 2.49. The van der Waals surface area contributed by atoms with Gasteiger partial charge in [-0.2, -0.15) is 0 Å². The summed E-state index contributed by atoms with van der Waals surface area (Å²) in [6, 6.07) is 5.21. The first-order valence-corrected chi connectivity index (χ1v) is 9.55. The molecule has 142 valence electrons. The molecule has 1 aliphatic carbocycles. The van der Waals surface area contributed by atoms with Gasteiger partial charge in [-0.05, 0) is 44.2 Å². The summed E-state index contributed by atoms with van der Waals surface area (Å²) >= 11 is 0. The Kier molecular flexibility index (Phi) is 4.92. The van der Waals surface area contributed by atoms with E-state index in [1.807, 2.05) is 23.1 Å². The molecule has 0 unspecified atom stereocenters. The average molecular weight is 368 g/mol. The second-order valence-corrected chi connectivity index (χ2v) is 7.43. The number of piperidine rings is 1. The third-order valence-corrected chi connectivity index (χ3v) is 5.30. The summed E-state index contributed by atoms with van der Waals surface area (Å²) in [6.45, 7) is 1.02. The van der Waals surface area contributed by atoms with Crippen LogP contribution in [0.25, 0.3) is 11.3 Å². The highest BCUT2D eigenvalue weighted by Crippen LogP contribution is 2.33. The van der Waals surface area contributed by atoms with Crippen molar-refractivity contribution in [3.63, 3.8) is 0 Å². The molecule has 2 fully saturated rings. The van der Waals surface area contributed by atoms with Crippen molar-refractivity contribution in [2.24, 2.45) is 5.92 Å². The number of carbonyl (C=O) groups excluding carboxylic acids is 2. The van der Waals surface area contributed by atoms with Crippen LogP contribution >= 0.6 is 0 Å². The molecular weight excluding hydrogens is 344 g/mol. The molecule has 2 aromatic heterocycles. The van der Waals surface area contributed by atoms with Gasteiger partial charge in [0.25, 0.3) is 0 Å². The molecule has 2 amide bonds. The topological polar surface area (TPSA) is 79.5 Å². The summed E-state index contributed by atoms with van der Waals surface area (Å²) in [5.74, 6) is 0.890. The predicted molar refractivity (Wildman–Crippen MR) is 98.3 cm³/mol. The summed E-state index contributed by atoms with van der Waals surface area (Å²) < 4.78 is 5.40. The van der Waals surface area contributed by atoms with Crippen molar-refractivity contribution >= 4 is 11.8 Å². The van der Waals surface area contributed by atoms with Crippen molar-refractivity contribution in [1.82, 2.24) is 19.9 Å². The minimum absolute atomic E-state index is 0.0226. The molecular formula is C20H24N4O3. The van der Waals surface area contributed by atoms with Crippen LogP contribution in [0.1, 0.15) is 37.9 Å². The summed E-state index contributed by atoms with van der Waals surface area (Å²) in [6.07, 6.45) is 8.02. The number of hydrogen-bond acceptors (Lipinski definition) is 5. The van der Waals surface area contributed by atoms with E-state index in [2.05, 4.69) is 10.1 Å². The molecule has 1 atom stereocenters. The Labute approximate surface area is 158 Å². The molecule has 0 spiro atoms. The SMILES string of the molecule is CN(Cc1cc(-c2ccncc2)no1)C(=O)[C@@H]1CCCCN1C(=O)C1CC1. The van der Waals surface area contributed by atoms with Crippen molar-refractivity contribution in [2.45, 2.75) is 44.7 Å². The lowest BCUT2D eigenvalue weighted by Gasteiger charge is -2.36. The molecule has 3 heterocycles. The number of aromatic nitrogens is 2. The first kappa shape index (κ1) is 17.7. The highest BCUT2D eigenvalue weighted by molar-refractivity contribution is 5.89. The number of carbonyl (C=O) groups is 2. The average Bonchev–Trinajstić information content (AvgIpc) is 3.46. The molecule has 2 aliphatic rings. The van der Waals surface area contributed by atoms with Gasteiger partial charge in [0, 0.05) is 43.5 Å². The Balaban J connectivity index is 1.42. The molecule has 27 heavy (non-hydrogen) atoms. The zero-order valence-electron chi connectivity index (χ0n) is 15.5. The molecule has 7 nitrogen and oxygen atoms in total. The summed E-state index contributed by atoms with van der Waals surface area (Å²) in [4.78, 5) is 33.0. The molecule has 0 radical (unpaired) electrons. The Morgan fingerprint density at radius 1 is 1.22 bits per heavy atom. The molecule has 0 bridgehead atoms. The second-order valence-electron chi connectivity index (χ2n) is 7.43. The van der Waals surface area contributed by atoms with E-state index >= 15 is 0 Å². The fourth-order valence-corrected chi connectivity index (χ4v) is 3.63. The van der Waals surface area contributed by atoms with E-state index in [-0.39, 0.29) is 23.8 Å². The molecule has 1 saturated heterocycles. The van der Waals surface area contributed by atoms with Crippen LogP contribution in [0, 0.1) is 5.92 Å². The second kappa shape index (κ2) is 7.50. The number of rotatable bonds is 5. The lowest BCUT2D eigenvalue weighted by atomic mass is 10.00. The Morgan fingerprint density at radius 3 is 2.74 bits per heavy atom. The van der Waals surface area contributed by atoms with Crippen LogP contribution in [0.15, 0.2) is 35.1 Å². The van der Waals surface area contributed by atoms with Gasteiger partial charge < -0.3 is 14.3 Å². The van der Waals surface area contributed by atoms with Crippen LogP contribution in [0.2, 0.25) is 0 Å². The van der Waals surface area contributed by atoms with E-state index in [9.17, 15) is 9.59 Å². The third kappa shape index (κ3) is 3.86. The van der Waals surface area contributed by atoms with Crippen molar-refractivity contribution in [2.75, 3.05) is 13.6 Å². The molecule has 7 heteroatoms. The molecule has 2 aromatic rings. The molecule has 0 N–H and O–H groups in total. The minimum atomic E-state index is -0.348. The van der Waals surface area contributed by atoms with Gasteiger partial charge in [0.15, 0.2) is 5.76 Å². The molecule has 1 aliphatic heterocycles. The van der Waals surface area contributed by atoms with Gasteiger partial charge in [0.2, 0.25) is 11.8 Å². The summed E-state index contributed by atoms with van der Waals surface area (Å²) in [5.41, 5.74) is 1.64. The van der Waals surface area contributed by atoms with Gasteiger partial charge in [0.1, 0.15) is 11.7 Å². The molecule has 4 rings (SSSR count). The standard InChI is InChI=1S/C20H24N4O3/c1-23(13-16-12-17(22-27-16)14-7-9-21-10-8-14)20(26)18-4-2-3-11-24(18)19(25)15-5-6-15/h7-10,12,15,18H,2-6,11,13H2,1H3/t18-/m0/s1. The zero-order valence-corrected chi connectivity index (χ0v) is 15.5. The monoisotopic (exact) mass is 368 g/mol. The summed E-state index contributed by atoms with van der Waals surface area (Å²) in [7, 11) is 1.76. The minimum Gasteiger partial charge on any atom is -0.359 e. The van der Waals surface area contributed by atoms with Crippen molar-refractivity contribution in [3.05, 3.63) is 36.4 Å². The fraction of sp³-hybridized carbons (Fsp3) is 0.500. The van der Waals surface area contributed by atoms with Gasteiger partial charge in [-0.3, -0.25) is 14.6 Å². The highest BCUT2D eigenvalue weighted by atomic mass is 16.5. The number of hydrogen-bond donors (Lipinski definition) is 0. The van der Waals surface area contributed by atoms with Crippen LogP contribution in [-0.2, 0) is 16.1 Å². The van der Waals surface area contributed by atoms with E-state index in [4.69, 9.17) is 4.52 Å². The maximum absolute atomic E-state index is 13.0. The first-order chi connectivity index (χ1) is 13.1. The van der Waals surface area contributed by atoms with Gasteiger partial charge in [0.05, 0.1) is 6.54 Å². The van der Waals surface area contributed by atoms with Crippen molar-refractivity contribution in [1.29, 1.82) is 0 Å². The Hall–Kier alpha value is -2.70. The highest BCUT2D eigenvalue weighted by Gasteiger charge is 2.40. The van der Waals surface area contributed by atoms with E-state index in [0.717, 1.165) is 43.4 Å². The van der Waals surface area contributed by atoms with Crippen molar-refractivity contribution in [3.8, 4) is 11.3 Å². The van der Waals surface area contributed by atoms with Gasteiger partial charge in [-0.25, -0.2) is 0 Å². The van der Waals surface area contributed by atoms with Gasteiger partial charge in [-0.15, -0.1) is 0 Å². The quantitative estimate of drug-likeness (QED) is 0.810. The number of amides is 2. The van der Waals surface area contributed by atoms with E-state index in [1.165, 1.54) is 0 Å². The lowest BCUT2D eigenvalue weighted by molar-refractivity contribution is -0.148. The van der Waals surface area contributed by atoms with Gasteiger partial charge in [-0.1, -0.05) is 5.16 Å². The molecule has 0 aromatic carbocycles. The first-order valence-electron chi connectivity index (χ1n) is 9.55. The zero-order chi connectivity index (χ0) is 18.8. The smallest absolute Gasteiger partial charge is 0.245 e. The largest absolute Gasteiger partial charge is 0.359 e. The maximum Gasteiger partial charge on any atom is 0.245 e. The number of likely N-dealkylation sites (N-methyl/N-ethyl adjacent to an activating group) is 1. The fourth-order valence-electron chi connectivity index (χ4n) is 3.63. The van der Waals surface area contributed by atoms with Crippen LogP contribution in [0.5, 0.6) is 0 Å². The number of nitrogens with zero attached hydrogens (tertiary/aromatic N) is 4. The van der Waals surface area contributed by atoms with Gasteiger partial charge >= 0.3 is 0 Å². The van der Waals surface area contributed by atoms with E-state index < -0.39 is 0 Å². The maximum atomic E-state index is 13.0. The number of pyridine rings is 1. The normalized spacial score (nSPS) is 19.7. The molecule has 1 saturated carbocycles. The Morgan fingerprint density at radius 2 is 2.00 bits per heavy atom. The Bertz CT molecular complexity index is 816. The van der Waals surface area contributed by atoms with Crippen molar-refractivity contribution < 1.29 is 14.1 Å². The van der Waals surface area contributed by atoms with Crippen LogP contribution in [-0.4, -0.2) is 51.4 Å². The summed E-state index contributed by atoms with van der Waals surface area (Å²) in [5, 5.41) is 4.08. The lowest BCUT2D eigenvalue weighted by Crippen LogP contribution is -2.52. The van der Waals surface area contributed by atoms with E-state index in [1.54, 1.807) is 24.3 Å². The van der Waals surface area contributed by atoms with Crippen LogP contribution < -0.4 is 0 Å². The van der Waals surface area contributed by atoms with Crippen LogP contribution in [0.3, 0.4) is 0 Å². The van der Waals surface area contributed by atoms with E-state index in [0.29, 0.717) is 18.8 Å². The van der Waals surface area contributed by atoms with Crippen LogP contribution in [0.4, 0.5) is 0 Å². The third-order valence-electron chi connectivity index (χ3n) is 5.30. The number of likely N-dealkylation sites (tertiary alicyclic amines) is 1.